The zero-order valence-electron chi connectivity index (χ0n) is 15.6. The van der Waals surface area contributed by atoms with E-state index >= 15 is 0 Å². The molecule has 6 nitrogen and oxygen atoms in total. The Morgan fingerprint density at radius 2 is 1.62 bits per heavy atom. The van der Waals surface area contributed by atoms with Gasteiger partial charge in [-0.15, -0.1) is 0 Å². The van der Waals surface area contributed by atoms with Crippen LogP contribution < -0.4 is 15.4 Å². The third kappa shape index (κ3) is 6.63. The lowest BCUT2D eigenvalue weighted by Crippen LogP contribution is -2.33. The zero-order valence-corrected chi connectivity index (χ0v) is 15.6. The molecule has 0 saturated heterocycles. The van der Waals surface area contributed by atoms with Gasteiger partial charge in [0.2, 0.25) is 11.8 Å². The highest BCUT2D eigenvalue weighted by atomic mass is 19.2. The van der Waals surface area contributed by atoms with Crippen molar-refractivity contribution < 1.29 is 32.3 Å². The van der Waals surface area contributed by atoms with Crippen molar-refractivity contribution in [2.45, 2.75) is 19.8 Å². The summed E-state index contributed by atoms with van der Waals surface area (Å²) in [5.41, 5.74) is 0.0469. The SMILES string of the molecule is CC(=O)c1ccc(OCCCC(=O)NCC(=O)Nc2ccc(F)c(F)c2F)cc1. The van der Waals surface area contributed by atoms with E-state index in [1.54, 1.807) is 24.3 Å². The maximum absolute atomic E-state index is 13.5. The van der Waals surface area contributed by atoms with E-state index in [9.17, 15) is 27.6 Å². The Labute approximate surface area is 165 Å². The standard InChI is InChI=1S/C20H19F3N2O4/c1-12(26)13-4-6-14(7-5-13)29-10-2-3-17(27)24-11-18(28)25-16-9-8-15(21)19(22)20(16)23/h4-9H,2-3,10-11H2,1H3,(H,24,27)(H,25,28). The number of carbonyl (C=O) groups is 3. The lowest BCUT2D eigenvalue weighted by atomic mass is 10.1. The van der Waals surface area contributed by atoms with Gasteiger partial charge in [-0.25, -0.2) is 13.2 Å². The number of nitrogens with one attached hydrogen (secondary N) is 2. The van der Waals surface area contributed by atoms with Crippen LogP contribution in [0.25, 0.3) is 0 Å². The molecule has 2 amide bonds. The molecule has 0 radical (unpaired) electrons. The molecule has 2 rings (SSSR count). The second-order valence-electron chi connectivity index (χ2n) is 6.08. The van der Waals surface area contributed by atoms with E-state index in [1.165, 1.54) is 6.92 Å². The minimum Gasteiger partial charge on any atom is -0.494 e. The van der Waals surface area contributed by atoms with E-state index in [0.717, 1.165) is 6.07 Å². The molecule has 0 atom stereocenters. The van der Waals surface area contributed by atoms with E-state index in [0.29, 0.717) is 23.8 Å². The fourth-order valence-corrected chi connectivity index (χ4v) is 2.29. The number of rotatable bonds is 9. The van der Waals surface area contributed by atoms with Crippen LogP contribution in [0.4, 0.5) is 18.9 Å². The monoisotopic (exact) mass is 408 g/mol. The Kier molecular flexibility index (Phi) is 7.76. The second-order valence-corrected chi connectivity index (χ2v) is 6.08. The molecule has 0 aliphatic carbocycles. The van der Waals surface area contributed by atoms with Gasteiger partial charge >= 0.3 is 0 Å². The van der Waals surface area contributed by atoms with Crippen molar-refractivity contribution in [1.29, 1.82) is 0 Å². The third-order valence-corrected chi connectivity index (χ3v) is 3.83. The third-order valence-electron chi connectivity index (χ3n) is 3.83. The van der Waals surface area contributed by atoms with Crippen molar-refractivity contribution >= 4 is 23.3 Å². The van der Waals surface area contributed by atoms with Gasteiger partial charge in [-0.3, -0.25) is 14.4 Å². The van der Waals surface area contributed by atoms with E-state index < -0.39 is 41.5 Å². The van der Waals surface area contributed by atoms with Crippen LogP contribution in [-0.2, 0) is 9.59 Å². The molecule has 0 aliphatic rings. The largest absolute Gasteiger partial charge is 0.494 e. The van der Waals surface area contributed by atoms with Crippen LogP contribution in [0.15, 0.2) is 36.4 Å². The second kappa shape index (κ2) is 10.3. The molecular formula is C20H19F3N2O4. The highest BCUT2D eigenvalue weighted by Crippen LogP contribution is 2.19. The number of ketones is 1. The molecule has 0 bridgehead atoms. The summed E-state index contributed by atoms with van der Waals surface area (Å²) in [6.07, 6.45) is 0.456. The van der Waals surface area contributed by atoms with Crippen molar-refractivity contribution in [3.63, 3.8) is 0 Å². The van der Waals surface area contributed by atoms with Crippen molar-refractivity contribution in [3.05, 3.63) is 59.4 Å². The number of benzene rings is 2. The number of hydrogen-bond acceptors (Lipinski definition) is 4. The highest BCUT2D eigenvalue weighted by Gasteiger charge is 2.15. The Morgan fingerprint density at radius 1 is 0.931 bits per heavy atom. The Morgan fingerprint density at radius 3 is 2.28 bits per heavy atom. The van der Waals surface area contributed by atoms with Gasteiger partial charge in [0.25, 0.3) is 0 Å². The van der Waals surface area contributed by atoms with Crippen molar-refractivity contribution in [2.24, 2.45) is 0 Å². The summed E-state index contributed by atoms with van der Waals surface area (Å²) in [4.78, 5) is 34.6. The first-order valence-electron chi connectivity index (χ1n) is 8.71. The quantitative estimate of drug-likeness (QED) is 0.379. The fourth-order valence-electron chi connectivity index (χ4n) is 2.29. The number of anilines is 1. The molecule has 0 fully saturated rings. The summed E-state index contributed by atoms with van der Waals surface area (Å²) >= 11 is 0. The zero-order chi connectivity index (χ0) is 21.4. The van der Waals surface area contributed by atoms with Crippen LogP contribution in [0.1, 0.15) is 30.1 Å². The van der Waals surface area contributed by atoms with E-state index in [1.807, 2.05) is 0 Å². The van der Waals surface area contributed by atoms with Gasteiger partial charge in [0.15, 0.2) is 23.2 Å². The Hall–Kier alpha value is -3.36. The molecule has 2 aromatic rings. The normalized spacial score (nSPS) is 10.3. The molecule has 0 spiro atoms. The van der Waals surface area contributed by atoms with Gasteiger partial charge in [0.05, 0.1) is 18.8 Å². The number of ether oxygens (including phenoxy) is 1. The summed E-state index contributed by atoms with van der Waals surface area (Å²) in [6.45, 7) is 1.26. The molecule has 2 aromatic carbocycles. The van der Waals surface area contributed by atoms with Gasteiger partial charge in [0, 0.05) is 12.0 Å². The van der Waals surface area contributed by atoms with Crippen LogP contribution >= 0.6 is 0 Å². The molecule has 29 heavy (non-hydrogen) atoms. The Balaban J connectivity index is 1.67. The van der Waals surface area contributed by atoms with Crippen LogP contribution in [0.2, 0.25) is 0 Å². The average molecular weight is 408 g/mol. The van der Waals surface area contributed by atoms with E-state index in [2.05, 4.69) is 10.6 Å². The lowest BCUT2D eigenvalue weighted by molar-refractivity contribution is -0.124. The lowest BCUT2D eigenvalue weighted by Gasteiger charge is -2.09. The van der Waals surface area contributed by atoms with Gasteiger partial charge in [-0.1, -0.05) is 0 Å². The maximum atomic E-state index is 13.5. The molecule has 0 saturated carbocycles. The Bertz CT molecular complexity index is 901. The van der Waals surface area contributed by atoms with Crippen LogP contribution in [0.3, 0.4) is 0 Å². The van der Waals surface area contributed by atoms with Gasteiger partial charge in [-0.05, 0) is 49.7 Å². The number of Topliss-reactive ketones (excluding diaryl/α,β-unsaturated/α-hetero) is 1. The minimum atomic E-state index is -1.69. The predicted octanol–water partition coefficient (Wildman–Crippen LogP) is 3.22. The fraction of sp³-hybridized carbons (Fsp3) is 0.250. The highest BCUT2D eigenvalue weighted by molar-refractivity contribution is 5.95. The van der Waals surface area contributed by atoms with Gasteiger partial charge in [0.1, 0.15) is 5.75 Å². The minimum absolute atomic E-state index is 0.0513. The molecule has 9 heteroatoms. The maximum Gasteiger partial charge on any atom is 0.243 e. The van der Waals surface area contributed by atoms with Gasteiger partial charge in [-0.2, -0.15) is 0 Å². The molecule has 0 heterocycles. The summed E-state index contributed by atoms with van der Waals surface area (Å²) in [7, 11) is 0. The van der Waals surface area contributed by atoms with Crippen LogP contribution in [0, 0.1) is 17.5 Å². The summed E-state index contributed by atoms with van der Waals surface area (Å²) in [5, 5.41) is 4.38. The molecular weight excluding hydrogens is 389 g/mol. The van der Waals surface area contributed by atoms with Crippen LogP contribution in [-0.4, -0.2) is 30.7 Å². The predicted molar refractivity (Wildman–Crippen MR) is 99.1 cm³/mol. The first-order chi connectivity index (χ1) is 13.8. The number of halogens is 3. The van der Waals surface area contributed by atoms with Crippen molar-refractivity contribution in [1.82, 2.24) is 5.32 Å². The van der Waals surface area contributed by atoms with E-state index in [4.69, 9.17) is 4.74 Å². The first-order valence-corrected chi connectivity index (χ1v) is 8.71. The van der Waals surface area contributed by atoms with Crippen molar-refractivity contribution in [2.75, 3.05) is 18.5 Å². The summed E-state index contributed by atoms with van der Waals surface area (Å²) in [6, 6.07) is 8.14. The van der Waals surface area contributed by atoms with E-state index in [-0.39, 0.29) is 18.8 Å². The summed E-state index contributed by atoms with van der Waals surface area (Å²) in [5.74, 6) is -5.29. The average Bonchev–Trinajstić information content (AvgIpc) is 2.70. The van der Waals surface area contributed by atoms with Crippen LogP contribution in [0.5, 0.6) is 5.75 Å². The molecule has 2 N–H and O–H groups in total. The molecule has 154 valence electrons. The van der Waals surface area contributed by atoms with Gasteiger partial charge < -0.3 is 15.4 Å². The topological polar surface area (TPSA) is 84.5 Å². The number of amides is 2. The molecule has 0 aromatic heterocycles. The number of hydrogen-bond donors (Lipinski definition) is 2. The van der Waals surface area contributed by atoms with Crippen molar-refractivity contribution in [3.8, 4) is 5.75 Å². The smallest absolute Gasteiger partial charge is 0.243 e. The first kappa shape index (κ1) is 21.9. The molecule has 0 aliphatic heterocycles. The molecule has 0 unspecified atom stereocenters. The summed E-state index contributed by atoms with van der Waals surface area (Å²) < 4.78 is 44.9. The number of carbonyl (C=O) groups excluding carboxylic acids is 3.